The van der Waals surface area contributed by atoms with Crippen molar-refractivity contribution in [2.75, 3.05) is 10.5 Å². The maximum absolute atomic E-state index is 14.2. The Morgan fingerprint density at radius 2 is 1.81 bits per heavy atom. The van der Waals surface area contributed by atoms with Crippen LogP contribution in [0.2, 0.25) is 0 Å². The summed E-state index contributed by atoms with van der Waals surface area (Å²) < 4.78 is 61.5. The number of nitrogens with zero attached hydrogens (tertiary/aromatic N) is 4. The van der Waals surface area contributed by atoms with Crippen LogP contribution >= 0.6 is 0 Å². The smallest absolute Gasteiger partial charge is 0.232 e. The van der Waals surface area contributed by atoms with E-state index in [0.717, 1.165) is 6.07 Å². The second kappa shape index (κ2) is 8.15. The van der Waals surface area contributed by atoms with E-state index < -0.39 is 21.7 Å². The zero-order valence-corrected chi connectivity index (χ0v) is 18.2. The van der Waals surface area contributed by atoms with Gasteiger partial charge in [-0.15, -0.1) is 10.2 Å². The van der Waals surface area contributed by atoms with Crippen molar-refractivity contribution in [1.82, 2.24) is 19.6 Å². The zero-order chi connectivity index (χ0) is 23.0. The molecule has 0 fully saturated rings. The van der Waals surface area contributed by atoms with Crippen molar-refractivity contribution in [3.63, 3.8) is 0 Å². The number of anilines is 1. The van der Waals surface area contributed by atoms with E-state index in [4.69, 9.17) is 4.74 Å². The maximum Gasteiger partial charge on any atom is 0.232 e. The van der Waals surface area contributed by atoms with Crippen molar-refractivity contribution in [3.8, 4) is 22.8 Å². The third-order valence-corrected chi connectivity index (χ3v) is 6.06. The molecule has 0 saturated heterocycles. The Kier molecular flexibility index (Phi) is 5.51. The summed E-state index contributed by atoms with van der Waals surface area (Å²) in [7, 11) is -3.53. The average Bonchev–Trinajstić information content (AvgIpc) is 3.12. The van der Waals surface area contributed by atoms with E-state index in [2.05, 4.69) is 19.9 Å². The molecule has 0 aliphatic carbocycles. The largest absolute Gasteiger partial charge is 0.454 e. The minimum Gasteiger partial charge on any atom is -0.454 e. The third-order valence-electron chi connectivity index (χ3n) is 4.75. The van der Waals surface area contributed by atoms with Crippen LogP contribution in [0.3, 0.4) is 0 Å². The Bertz CT molecular complexity index is 1440. The Hall–Kier alpha value is -3.60. The highest BCUT2D eigenvalue weighted by molar-refractivity contribution is 7.92. The van der Waals surface area contributed by atoms with Crippen LogP contribution < -0.4 is 9.46 Å². The molecule has 166 valence electrons. The highest BCUT2D eigenvalue weighted by atomic mass is 32.2. The van der Waals surface area contributed by atoms with Crippen LogP contribution in [0.25, 0.3) is 16.9 Å². The molecule has 0 atom stereocenters. The molecule has 0 aliphatic heterocycles. The molecule has 1 N–H and O–H groups in total. The first kappa shape index (κ1) is 21.6. The van der Waals surface area contributed by atoms with Gasteiger partial charge >= 0.3 is 0 Å². The van der Waals surface area contributed by atoms with E-state index in [1.165, 1.54) is 31.2 Å². The third kappa shape index (κ3) is 4.24. The summed E-state index contributed by atoms with van der Waals surface area (Å²) >= 11 is 0. The second-order valence-electron chi connectivity index (χ2n) is 7.05. The predicted octanol–water partition coefficient (Wildman–Crippen LogP) is 4.24. The standard InChI is InChI=1S/C21H19F2N5O3S/c1-4-32(29,30)27-15-6-8-19(31-20-7-5-14(22)9-17(20)23)16(10-15)18-11-28-13(3)25-26-21(28)12(2)24-18/h5-11,27H,4H2,1-3H3. The van der Waals surface area contributed by atoms with Crippen molar-refractivity contribution >= 4 is 21.4 Å². The number of aryl methyl sites for hydroxylation is 2. The number of hydrogen-bond donors (Lipinski definition) is 1. The first-order valence-electron chi connectivity index (χ1n) is 9.63. The summed E-state index contributed by atoms with van der Waals surface area (Å²) in [6.45, 7) is 5.06. The van der Waals surface area contributed by atoms with Crippen LogP contribution in [0, 0.1) is 25.5 Å². The molecule has 2 aromatic heterocycles. The number of ether oxygens (including phenoxy) is 1. The summed E-state index contributed by atoms with van der Waals surface area (Å²) in [4.78, 5) is 4.55. The molecular weight excluding hydrogens is 440 g/mol. The molecular formula is C21H19F2N5O3S. The molecule has 0 spiro atoms. The highest BCUT2D eigenvalue weighted by Crippen LogP contribution is 2.36. The number of hydrogen-bond acceptors (Lipinski definition) is 6. The van der Waals surface area contributed by atoms with E-state index in [1.54, 1.807) is 24.4 Å². The van der Waals surface area contributed by atoms with Crippen molar-refractivity contribution in [1.29, 1.82) is 0 Å². The van der Waals surface area contributed by atoms with Crippen LogP contribution in [-0.2, 0) is 10.0 Å². The Balaban J connectivity index is 1.87. The number of benzene rings is 2. The Morgan fingerprint density at radius 1 is 1.06 bits per heavy atom. The quantitative estimate of drug-likeness (QED) is 0.463. The first-order chi connectivity index (χ1) is 15.2. The fourth-order valence-electron chi connectivity index (χ4n) is 3.09. The lowest BCUT2D eigenvalue weighted by Crippen LogP contribution is -2.14. The molecule has 0 bridgehead atoms. The molecule has 4 aromatic rings. The van der Waals surface area contributed by atoms with Crippen LogP contribution in [0.5, 0.6) is 11.5 Å². The van der Waals surface area contributed by atoms with Crippen LogP contribution in [-0.4, -0.2) is 33.8 Å². The molecule has 0 saturated carbocycles. The van der Waals surface area contributed by atoms with Gasteiger partial charge in [0.05, 0.1) is 17.1 Å². The minimum atomic E-state index is -3.53. The summed E-state index contributed by atoms with van der Waals surface area (Å²) in [5.74, 6) is -1.07. The van der Waals surface area contributed by atoms with Crippen LogP contribution in [0.15, 0.2) is 42.6 Å². The maximum atomic E-state index is 14.2. The van der Waals surface area contributed by atoms with E-state index in [-0.39, 0.29) is 22.9 Å². The van der Waals surface area contributed by atoms with Gasteiger partial charge in [-0.05, 0) is 51.1 Å². The molecule has 8 nitrogen and oxygen atoms in total. The molecule has 0 aliphatic rings. The minimum absolute atomic E-state index is 0.107. The monoisotopic (exact) mass is 459 g/mol. The molecule has 32 heavy (non-hydrogen) atoms. The van der Waals surface area contributed by atoms with E-state index in [9.17, 15) is 17.2 Å². The molecule has 2 aromatic carbocycles. The van der Waals surface area contributed by atoms with Gasteiger partial charge in [-0.2, -0.15) is 0 Å². The van der Waals surface area contributed by atoms with Gasteiger partial charge in [0.25, 0.3) is 0 Å². The number of nitrogens with one attached hydrogen (secondary N) is 1. The van der Waals surface area contributed by atoms with Gasteiger partial charge in [0.15, 0.2) is 17.2 Å². The zero-order valence-electron chi connectivity index (χ0n) is 17.4. The molecule has 0 amide bonds. The van der Waals surface area contributed by atoms with Crippen molar-refractivity contribution < 1.29 is 21.9 Å². The van der Waals surface area contributed by atoms with Gasteiger partial charge < -0.3 is 4.74 Å². The fraction of sp³-hybridized carbons (Fsp3) is 0.190. The lowest BCUT2D eigenvalue weighted by atomic mass is 10.1. The molecule has 11 heteroatoms. The van der Waals surface area contributed by atoms with Gasteiger partial charge in [0.2, 0.25) is 10.0 Å². The van der Waals surface area contributed by atoms with Crippen molar-refractivity contribution in [2.45, 2.75) is 20.8 Å². The van der Waals surface area contributed by atoms with Gasteiger partial charge in [0.1, 0.15) is 17.4 Å². The average molecular weight is 459 g/mol. The van der Waals surface area contributed by atoms with Gasteiger partial charge in [-0.3, -0.25) is 9.12 Å². The SMILES string of the molecule is CCS(=O)(=O)Nc1ccc(Oc2ccc(F)cc2F)c(-c2cn3c(C)nnc3c(C)n2)c1. The first-order valence-corrected chi connectivity index (χ1v) is 11.3. The second-order valence-corrected chi connectivity index (χ2v) is 9.06. The number of rotatable bonds is 6. The summed E-state index contributed by atoms with van der Waals surface area (Å²) in [6.07, 6.45) is 1.68. The summed E-state index contributed by atoms with van der Waals surface area (Å²) in [6, 6.07) is 7.49. The van der Waals surface area contributed by atoms with Crippen LogP contribution in [0.4, 0.5) is 14.5 Å². The molecule has 0 unspecified atom stereocenters. The highest BCUT2D eigenvalue weighted by Gasteiger charge is 2.17. The van der Waals surface area contributed by atoms with Gasteiger partial charge in [0, 0.05) is 23.5 Å². The molecule has 4 rings (SSSR count). The lowest BCUT2D eigenvalue weighted by molar-refractivity contribution is 0.439. The van der Waals surface area contributed by atoms with Gasteiger partial charge in [-0.1, -0.05) is 0 Å². The number of aromatic nitrogens is 4. The van der Waals surface area contributed by atoms with Crippen molar-refractivity contribution in [2.24, 2.45) is 0 Å². The summed E-state index contributed by atoms with van der Waals surface area (Å²) in [5, 5.41) is 8.13. The topological polar surface area (TPSA) is 98.5 Å². The van der Waals surface area contributed by atoms with E-state index >= 15 is 0 Å². The number of fused-ring (bicyclic) bond motifs is 1. The number of halogens is 2. The summed E-state index contributed by atoms with van der Waals surface area (Å²) in [5.41, 5.74) is 2.26. The fourth-order valence-corrected chi connectivity index (χ4v) is 3.72. The normalized spacial score (nSPS) is 11.7. The predicted molar refractivity (Wildman–Crippen MR) is 115 cm³/mol. The van der Waals surface area contributed by atoms with E-state index in [0.29, 0.717) is 34.5 Å². The lowest BCUT2D eigenvalue weighted by Gasteiger charge is -2.15. The number of sulfonamides is 1. The van der Waals surface area contributed by atoms with Gasteiger partial charge in [-0.25, -0.2) is 22.2 Å². The Labute approximate surface area is 183 Å². The van der Waals surface area contributed by atoms with Crippen molar-refractivity contribution in [3.05, 3.63) is 65.7 Å². The molecule has 0 radical (unpaired) electrons. The van der Waals surface area contributed by atoms with Crippen LogP contribution in [0.1, 0.15) is 18.4 Å². The Morgan fingerprint density at radius 3 is 2.53 bits per heavy atom. The van der Waals surface area contributed by atoms with E-state index in [1.807, 2.05) is 0 Å². The molecule has 2 heterocycles.